The molecule has 0 aliphatic carbocycles. The number of pyridine rings is 1. The van der Waals surface area contributed by atoms with Gasteiger partial charge in [-0.25, -0.2) is 9.97 Å². The predicted octanol–water partition coefficient (Wildman–Crippen LogP) is 4.06. The number of imidazole rings is 2. The average Bonchev–Trinajstić information content (AvgIpc) is 3.40. The molecule has 2 aromatic carbocycles. The van der Waals surface area contributed by atoms with Gasteiger partial charge >= 0.3 is 0 Å². The number of nitrogens with zero attached hydrogens (tertiary/aromatic N) is 4. The number of aromatic amines is 1. The van der Waals surface area contributed by atoms with Gasteiger partial charge in [0, 0.05) is 25.0 Å². The molecule has 0 saturated heterocycles. The molecule has 7 nitrogen and oxygen atoms in total. The quantitative estimate of drug-likeness (QED) is 0.457. The zero-order valence-corrected chi connectivity index (χ0v) is 17.0. The first-order valence-corrected chi connectivity index (χ1v) is 10.0. The van der Waals surface area contributed by atoms with Crippen LogP contribution in [0.2, 0.25) is 0 Å². The van der Waals surface area contributed by atoms with E-state index in [-0.39, 0.29) is 5.91 Å². The Bertz CT molecular complexity index is 1300. The van der Waals surface area contributed by atoms with Crippen molar-refractivity contribution < 1.29 is 9.53 Å². The van der Waals surface area contributed by atoms with Gasteiger partial charge in [-0.15, -0.1) is 0 Å². The van der Waals surface area contributed by atoms with E-state index < -0.39 is 0 Å². The summed E-state index contributed by atoms with van der Waals surface area (Å²) < 4.78 is 7.84. The van der Waals surface area contributed by atoms with Crippen molar-refractivity contribution in [3.05, 3.63) is 96.2 Å². The molecule has 0 aliphatic heterocycles. The van der Waals surface area contributed by atoms with Gasteiger partial charge in [0.25, 0.3) is 5.91 Å². The number of benzene rings is 2. The van der Waals surface area contributed by atoms with Gasteiger partial charge in [-0.3, -0.25) is 4.79 Å². The molecule has 0 saturated carbocycles. The minimum absolute atomic E-state index is 0.0985. The Morgan fingerprint density at radius 3 is 2.81 bits per heavy atom. The third kappa shape index (κ3) is 3.98. The second-order valence-electron chi connectivity index (χ2n) is 7.38. The van der Waals surface area contributed by atoms with Crippen LogP contribution in [0.4, 0.5) is 0 Å². The van der Waals surface area contributed by atoms with Gasteiger partial charge in [-0.2, -0.15) is 0 Å². The maximum Gasteiger partial charge on any atom is 0.254 e. The topological polar surface area (TPSA) is 75.5 Å². The van der Waals surface area contributed by atoms with E-state index >= 15 is 0 Å². The van der Waals surface area contributed by atoms with Gasteiger partial charge < -0.3 is 19.0 Å². The fourth-order valence-corrected chi connectivity index (χ4v) is 3.53. The number of amides is 1. The summed E-state index contributed by atoms with van der Waals surface area (Å²) in [7, 11) is 1.76. The van der Waals surface area contributed by atoms with Crippen molar-refractivity contribution in [2.24, 2.45) is 0 Å². The fraction of sp³-hybridized carbons (Fsp3) is 0.125. The highest BCUT2D eigenvalue weighted by Crippen LogP contribution is 2.18. The first kappa shape index (κ1) is 18.9. The van der Waals surface area contributed by atoms with E-state index in [0.717, 1.165) is 28.2 Å². The Labute approximate surface area is 178 Å². The Morgan fingerprint density at radius 2 is 1.94 bits per heavy atom. The molecular formula is C24H21N5O2. The second kappa shape index (κ2) is 7.95. The van der Waals surface area contributed by atoms with E-state index in [9.17, 15) is 4.79 Å². The smallest absolute Gasteiger partial charge is 0.254 e. The lowest BCUT2D eigenvalue weighted by molar-refractivity contribution is 0.0781. The Balaban J connectivity index is 1.26. The normalized spacial score (nSPS) is 11.1. The summed E-state index contributed by atoms with van der Waals surface area (Å²) >= 11 is 0. The van der Waals surface area contributed by atoms with Gasteiger partial charge in [-0.1, -0.05) is 24.3 Å². The standard InChI is InChI=1S/C24H21N5O2/c1-28(15-22-26-20-9-2-3-10-21(20)27-22)24(30)17-7-6-8-19(13-17)31-16-18-14-29-12-5-4-11-23(29)25-18/h2-14H,15-16H2,1H3,(H,26,27). The molecule has 1 amide bonds. The largest absolute Gasteiger partial charge is 0.487 e. The number of ether oxygens (including phenoxy) is 1. The number of fused-ring (bicyclic) bond motifs is 2. The Hall–Kier alpha value is -4.13. The number of rotatable bonds is 6. The van der Waals surface area contributed by atoms with Crippen LogP contribution in [0.15, 0.2) is 79.1 Å². The molecule has 5 rings (SSSR count). The van der Waals surface area contributed by atoms with Crippen LogP contribution in [-0.2, 0) is 13.2 Å². The molecule has 31 heavy (non-hydrogen) atoms. The van der Waals surface area contributed by atoms with Gasteiger partial charge in [0.2, 0.25) is 0 Å². The van der Waals surface area contributed by atoms with Gasteiger partial charge in [0.05, 0.1) is 23.3 Å². The van der Waals surface area contributed by atoms with Crippen LogP contribution in [-0.4, -0.2) is 37.2 Å². The summed E-state index contributed by atoms with van der Waals surface area (Å²) in [4.78, 5) is 26.9. The molecule has 3 heterocycles. The molecule has 3 aromatic heterocycles. The van der Waals surface area contributed by atoms with E-state index in [2.05, 4.69) is 15.0 Å². The van der Waals surface area contributed by atoms with Crippen molar-refractivity contribution in [3.63, 3.8) is 0 Å². The summed E-state index contributed by atoms with van der Waals surface area (Å²) in [6.07, 6.45) is 3.88. The molecule has 5 aromatic rings. The number of carbonyl (C=O) groups is 1. The highest BCUT2D eigenvalue weighted by atomic mass is 16.5. The predicted molar refractivity (Wildman–Crippen MR) is 118 cm³/mol. The van der Waals surface area contributed by atoms with Crippen LogP contribution in [0.3, 0.4) is 0 Å². The zero-order chi connectivity index (χ0) is 21.2. The SMILES string of the molecule is CN(Cc1nc2ccccc2[nH]1)C(=O)c1cccc(OCc2cn3ccccc3n2)c1. The van der Waals surface area contributed by atoms with E-state index in [0.29, 0.717) is 24.5 Å². The highest BCUT2D eigenvalue weighted by molar-refractivity contribution is 5.94. The molecule has 0 radical (unpaired) electrons. The van der Waals surface area contributed by atoms with Crippen molar-refractivity contribution in [2.45, 2.75) is 13.2 Å². The number of hydrogen-bond donors (Lipinski definition) is 1. The minimum atomic E-state index is -0.0985. The first-order valence-electron chi connectivity index (χ1n) is 10.0. The van der Waals surface area contributed by atoms with Gasteiger partial charge in [0.15, 0.2) is 0 Å². The lowest BCUT2D eigenvalue weighted by Gasteiger charge is -2.16. The van der Waals surface area contributed by atoms with Crippen molar-refractivity contribution in [1.82, 2.24) is 24.3 Å². The maximum atomic E-state index is 12.9. The lowest BCUT2D eigenvalue weighted by atomic mass is 10.2. The highest BCUT2D eigenvalue weighted by Gasteiger charge is 2.15. The number of carbonyl (C=O) groups excluding carboxylic acids is 1. The molecule has 0 spiro atoms. The Morgan fingerprint density at radius 1 is 1.06 bits per heavy atom. The summed E-state index contributed by atoms with van der Waals surface area (Å²) in [5.74, 6) is 1.27. The first-order chi connectivity index (χ1) is 15.2. The maximum absolute atomic E-state index is 12.9. The van der Waals surface area contributed by atoms with E-state index in [1.54, 1.807) is 24.1 Å². The van der Waals surface area contributed by atoms with Crippen LogP contribution < -0.4 is 4.74 Å². The number of nitrogens with one attached hydrogen (secondary N) is 1. The van der Waals surface area contributed by atoms with Crippen molar-refractivity contribution in [3.8, 4) is 5.75 Å². The van der Waals surface area contributed by atoms with E-state index in [4.69, 9.17) is 4.74 Å². The van der Waals surface area contributed by atoms with Crippen LogP contribution in [0, 0.1) is 0 Å². The number of hydrogen-bond acceptors (Lipinski definition) is 4. The van der Waals surface area contributed by atoms with Crippen LogP contribution in [0.25, 0.3) is 16.7 Å². The molecule has 0 atom stereocenters. The minimum Gasteiger partial charge on any atom is -0.487 e. The molecule has 154 valence electrons. The monoisotopic (exact) mass is 411 g/mol. The number of H-pyrrole nitrogens is 1. The zero-order valence-electron chi connectivity index (χ0n) is 17.0. The van der Waals surface area contributed by atoms with Gasteiger partial charge in [0.1, 0.15) is 23.8 Å². The van der Waals surface area contributed by atoms with E-state index in [1.165, 1.54) is 0 Å². The molecule has 0 unspecified atom stereocenters. The van der Waals surface area contributed by atoms with Crippen molar-refractivity contribution in [2.75, 3.05) is 7.05 Å². The summed E-state index contributed by atoms with van der Waals surface area (Å²) in [6.45, 7) is 0.716. The molecule has 0 bridgehead atoms. The Kier molecular flexibility index (Phi) is 4.84. The third-order valence-corrected chi connectivity index (χ3v) is 5.05. The molecule has 0 aliphatic rings. The van der Waals surface area contributed by atoms with Crippen LogP contribution in [0.5, 0.6) is 5.75 Å². The number of aromatic nitrogens is 4. The molecule has 7 heteroatoms. The lowest BCUT2D eigenvalue weighted by Crippen LogP contribution is -2.26. The fourth-order valence-electron chi connectivity index (χ4n) is 3.53. The molecule has 1 N–H and O–H groups in total. The summed E-state index contributed by atoms with van der Waals surface area (Å²) in [6, 6.07) is 20.9. The summed E-state index contributed by atoms with van der Waals surface area (Å²) in [5, 5.41) is 0. The second-order valence-corrected chi connectivity index (χ2v) is 7.38. The van der Waals surface area contributed by atoms with Crippen LogP contribution >= 0.6 is 0 Å². The average molecular weight is 411 g/mol. The van der Waals surface area contributed by atoms with E-state index in [1.807, 2.05) is 71.4 Å². The van der Waals surface area contributed by atoms with Crippen LogP contribution in [0.1, 0.15) is 21.9 Å². The third-order valence-electron chi connectivity index (χ3n) is 5.05. The van der Waals surface area contributed by atoms with Crippen molar-refractivity contribution in [1.29, 1.82) is 0 Å². The molecule has 0 fully saturated rings. The number of para-hydroxylation sites is 2. The van der Waals surface area contributed by atoms with Gasteiger partial charge in [-0.05, 0) is 42.5 Å². The molecular weight excluding hydrogens is 390 g/mol. The summed E-state index contributed by atoms with van der Waals surface area (Å²) in [5.41, 5.74) is 4.11. The van der Waals surface area contributed by atoms with Crippen molar-refractivity contribution >= 4 is 22.6 Å².